The van der Waals surface area contributed by atoms with Crippen LogP contribution < -0.4 is 10.1 Å². The maximum absolute atomic E-state index is 12.7. The van der Waals surface area contributed by atoms with Crippen molar-refractivity contribution in [3.8, 4) is 5.75 Å². The summed E-state index contributed by atoms with van der Waals surface area (Å²) < 4.78 is 5.69. The summed E-state index contributed by atoms with van der Waals surface area (Å²) >= 11 is 0. The number of hydrogen-bond acceptors (Lipinski definition) is 5. The standard InChI is InChI=1S/C21H25N3O3.ClH/c1-16(25)17-6-8-19(9-7-17)27-13-3-5-21(26)24-12-11-23-15-20(24)18-4-2-10-22-14-18;/h2,4,6-10,14,20,23H,3,5,11-13,15H2,1H3;1H. The van der Waals surface area contributed by atoms with Crippen LogP contribution in [0.15, 0.2) is 48.8 Å². The normalized spacial score (nSPS) is 16.2. The molecule has 28 heavy (non-hydrogen) atoms. The van der Waals surface area contributed by atoms with Crippen molar-refractivity contribution in [2.24, 2.45) is 0 Å². The Balaban J connectivity index is 0.00000280. The van der Waals surface area contributed by atoms with Crippen LogP contribution in [0.5, 0.6) is 5.75 Å². The van der Waals surface area contributed by atoms with Crippen molar-refractivity contribution in [2.45, 2.75) is 25.8 Å². The van der Waals surface area contributed by atoms with Crippen LogP contribution in [-0.4, -0.2) is 47.8 Å². The van der Waals surface area contributed by atoms with Gasteiger partial charge in [-0.05, 0) is 49.2 Å². The molecule has 1 aliphatic heterocycles. The van der Waals surface area contributed by atoms with E-state index >= 15 is 0 Å². The number of ether oxygens (including phenoxy) is 1. The smallest absolute Gasteiger partial charge is 0.223 e. The highest BCUT2D eigenvalue weighted by atomic mass is 35.5. The molecule has 0 spiro atoms. The van der Waals surface area contributed by atoms with Crippen molar-refractivity contribution in [3.63, 3.8) is 0 Å². The van der Waals surface area contributed by atoms with Crippen LogP contribution in [0.1, 0.15) is 41.7 Å². The number of carbonyl (C=O) groups is 2. The molecule has 3 rings (SSSR count). The second-order valence-electron chi connectivity index (χ2n) is 6.63. The monoisotopic (exact) mass is 403 g/mol. The van der Waals surface area contributed by atoms with Crippen LogP contribution in [0, 0.1) is 0 Å². The number of piperazine rings is 1. The molecule has 1 aliphatic rings. The summed E-state index contributed by atoms with van der Waals surface area (Å²) in [5.41, 5.74) is 1.72. The van der Waals surface area contributed by atoms with E-state index in [1.54, 1.807) is 30.5 Å². The number of hydrogen-bond donors (Lipinski definition) is 1. The van der Waals surface area contributed by atoms with Crippen molar-refractivity contribution < 1.29 is 14.3 Å². The minimum absolute atomic E-state index is 0. The fraction of sp³-hybridized carbons (Fsp3) is 0.381. The molecule has 0 saturated carbocycles. The fourth-order valence-electron chi connectivity index (χ4n) is 3.22. The largest absolute Gasteiger partial charge is 0.494 e. The summed E-state index contributed by atoms with van der Waals surface area (Å²) in [6.07, 6.45) is 4.66. The zero-order chi connectivity index (χ0) is 19.1. The molecule has 0 aliphatic carbocycles. The quantitative estimate of drug-likeness (QED) is 0.568. The third-order valence-electron chi connectivity index (χ3n) is 4.70. The van der Waals surface area contributed by atoms with E-state index in [4.69, 9.17) is 4.74 Å². The van der Waals surface area contributed by atoms with Crippen molar-refractivity contribution in [3.05, 3.63) is 59.9 Å². The second kappa shape index (κ2) is 10.8. The molecule has 1 saturated heterocycles. The average Bonchev–Trinajstić information content (AvgIpc) is 2.72. The number of benzene rings is 1. The molecule has 1 N–H and O–H groups in total. The average molecular weight is 404 g/mol. The summed E-state index contributed by atoms with van der Waals surface area (Å²) in [5, 5.41) is 3.35. The number of aromatic nitrogens is 1. The van der Waals surface area contributed by atoms with Gasteiger partial charge in [-0.3, -0.25) is 14.6 Å². The molecule has 150 valence electrons. The topological polar surface area (TPSA) is 71.5 Å². The predicted molar refractivity (Wildman–Crippen MR) is 110 cm³/mol. The van der Waals surface area contributed by atoms with Crippen molar-refractivity contribution in [1.82, 2.24) is 15.2 Å². The third kappa shape index (κ3) is 5.78. The summed E-state index contributed by atoms with van der Waals surface area (Å²) in [5.74, 6) is 0.884. The van der Waals surface area contributed by atoms with Crippen molar-refractivity contribution in [1.29, 1.82) is 0 Å². The molecule has 7 heteroatoms. The van der Waals surface area contributed by atoms with E-state index in [1.807, 2.05) is 23.2 Å². The van der Waals surface area contributed by atoms with Gasteiger partial charge in [-0.1, -0.05) is 6.07 Å². The molecular weight excluding hydrogens is 378 g/mol. The fourth-order valence-corrected chi connectivity index (χ4v) is 3.22. The number of carbonyl (C=O) groups excluding carboxylic acids is 2. The Labute approximate surface area is 171 Å². The lowest BCUT2D eigenvalue weighted by Crippen LogP contribution is -2.48. The van der Waals surface area contributed by atoms with Crippen LogP contribution in [-0.2, 0) is 4.79 Å². The van der Waals surface area contributed by atoms with Gasteiger partial charge in [0.05, 0.1) is 12.6 Å². The van der Waals surface area contributed by atoms with Gasteiger partial charge in [-0.15, -0.1) is 12.4 Å². The number of rotatable bonds is 7. The molecule has 2 aromatic rings. The Morgan fingerprint density at radius 3 is 2.71 bits per heavy atom. The van der Waals surface area contributed by atoms with Gasteiger partial charge in [0, 0.05) is 44.0 Å². The van der Waals surface area contributed by atoms with Gasteiger partial charge >= 0.3 is 0 Å². The number of ketones is 1. The number of Topliss-reactive ketones (excluding diaryl/α,β-unsaturated/α-hetero) is 1. The Morgan fingerprint density at radius 1 is 1.25 bits per heavy atom. The Morgan fingerprint density at radius 2 is 2.04 bits per heavy atom. The molecule has 1 fully saturated rings. The Kier molecular flexibility index (Phi) is 8.42. The first kappa shape index (κ1) is 21.9. The van der Waals surface area contributed by atoms with Gasteiger partial charge in [0.1, 0.15) is 5.75 Å². The highest BCUT2D eigenvalue weighted by Crippen LogP contribution is 2.22. The van der Waals surface area contributed by atoms with E-state index in [0.717, 1.165) is 18.7 Å². The van der Waals surface area contributed by atoms with Crippen LogP contribution in [0.3, 0.4) is 0 Å². The van der Waals surface area contributed by atoms with E-state index < -0.39 is 0 Å². The zero-order valence-electron chi connectivity index (χ0n) is 16.0. The van der Waals surface area contributed by atoms with E-state index in [1.165, 1.54) is 6.92 Å². The molecule has 1 aromatic heterocycles. The maximum atomic E-state index is 12.7. The number of halogens is 1. The molecule has 0 bridgehead atoms. The minimum atomic E-state index is 0. The highest BCUT2D eigenvalue weighted by molar-refractivity contribution is 5.94. The Bertz CT molecular complexity index is 768. The first-order valence-corrected chi connectivity index (χ1v) is 9.29. The molecule has 1 amide bonds. The number of pyridine rings is 1. The van der Waals surface area contributed by atoms with Gasteiger partial charge in [-0.2, -0.15) is 0 Å². The zero-order valence-corrected chi connectivity index (χ0v) is 16.8. The second-order valence-corrected chi connectivity index (χ2v) is 6.63. The van der Waals surface area contributed by atoms with E-state index in [0.29, 0.717) is 37.3 Å². The number of amides is 1. The summed E-state index contributed by atoms with van der Waals surface area (Å²) in [6.45, 7) is 4.26. The van der Waals surface area contributed by atoms with Crippen LogP contribution >= 0.6 is 12.4 Å². The number of nitrogens with zero attached hydrogens (tertiary/aromatic N) is 2. The maximum Gasteiger partial charge on any atom is 0.223 e. The van der Waals surface area contributed by atoms with Gasteiger partial charge in [0.15, 0.2) is 5.78 Å². The summed E-state index contributed by atoms with van der Waals surface area (Å²) in [6, 6.07) is 11.0. The first-order chi connectivity index (χ1) is 13.1. The molecule has 1 unspecified atom stereocenters. The van der Waals surface area contributed by atoms with Crippen LogP contribution in [0.2, 0.25) is 0 Å². The minimum Gasteiger partial charge on any atom is -0.494 e. The van der Waals surface area contributed by atoms with Crippen LogP contribution in [0.4, 0.5) is 0 Å². The van der Waals surface area contributed by atoms with Gasteiger partial charge in [0.2, 0.25) is 5.91 Å². The highest BCUT2D eigenvalue weighted by Gasteiger charge is 2.27. The lowest BCUT2D eigenvalue weighted by Gasteiger charge is -2.36. The molecule has 1 atom stereocenters. The number of nitrogens with one attached hydrogen (secondary N) is 1. The lowest BCUT2D eigenvalue weighted by molar-refractivity contribution is -0.134. The van der Waals surface area contributed by atoms with E-state index in [2.05, 4.69) is 10.3 Å². The van der Waals surface area contributed by atoms with Gasteiger partial charge < -0.3 is 15.0 Å². The summed E-state index contributed by atoms with van der Waals surface area (Å²) in [4.78, 5) is 30.1. The summed E-state index contributed by atoms with van der Waals surface area (Å²) in [7, 11) is 0. The van der Waals surface area contributed by atoms with Gasteiger partial charge in [-0.25, -0.2) is 0 Å². The van der Waals surface area contributed by atoms with Gasteiger partial charge in [0.25, 0.3) is 0 Å². The van der Waals surface area contributed by atoms with Crippen LogP contribution in [0.25, 0.3) is 0 Å². The van der Waals surface area contributed by atoms with Crippen molar-refractivity contribution in [2.75, 3.05) is 26.2 Å². The van der Waals surface area contributed by atoms with Crippen molar-refractivity contribution >= 4 is 24.1 Å². The lowest BCUT2D eigenvalue weighted by atomic mass is 10.0. The Hall–Kier alpha value is -2.44. The molecule has 2 heterocycles. The molecular formula is C21H26ClN3O3. The predicted octanol–water partition coefficient (Wildman–Crippen LogP) is 3.04. The molecule has 1 aromatic carbocycles. The van der Waals surface area contributed by atoms with E-state index in [9.17, 15) is 9.59 Å². The SMILES string of the molecule is CC(=O)c1ccc(OCCCC(=O)N2CCNCC2c2cccnc2)cc1.Cl. The first-order valence-electron chi connectivity index (χ1n) is 9.29. The van der Waals surface area contributed by atoms with E-state index in [-0.39, 0.29) is 30.1 Å². The molecule has 6 nitrogen and oxygen atoms in total. The third-order valence-corrected chi connectivity index (χ3v) is 4.70. The molecule has 0 radical (unpaired) electrons.